The first-order chi connectivity index (χ1) is 18.0. The van der Waals surface area contributed by atoms with Gasteiger partial charge in [0, 0.05) is 36.3 Å². The first kappa shape index (κ1) is 22.9. The summed E-state index contributed by atoms with van der Waals surface area (Å²) < 4.78 is 1.98. The fourth-order valence-corrected chi connectivity index (χ4v) is 5.79. The smallest absolute Gasteiger partial charge is 0.256 e. The van der Waals surface area contributed by atoms with Gasteiger partial charge in [-0.3, -0.25) is 14.0 Å². The van der Waals surface area contributed by atoms with E-state index >= 15 is 0 Å². The van der Waals surface area contributed by atoms with Crippen LogP contribution in [0.4, 0.5) is 11.6 Å². The number of benzene rings is 1. The number of pyridine rings is 1. The summed E-state index contributed by atoms with van der Waals surface area (Å²) in [4.78, 5) is 41.2. The Labute approximate surface area is 214 Å². The lowest BCUT2D eigenvalue weighted by Crippen LogP contribution is -2.58. The van der Waals surface area contributed by atoms with Gasteiger partial charge in [0.05, 0.1) is 0 Å². The van der Waals surface area contributed by atoms with Crippen molar-refractivity contribution in [1.29, 1.82) is 0 Å². The number of aromatic nitrogens is 4. The van der Waals surface area contributed by atoms with Crippen molar-refractivity contribution in [2.24, 2.45) is 5.92 Å². The number of hydrogen-bond donors (Lipinski definition) is 2. The van der Waals surface area contributed by atoms with Crippen LogP contribution in [0.2, 0.25) is 0 Å². The minimum atomic E-state index is -0.530. The quantitative estimate of drug-likeness (QED) is 0.405. The molecular formula is C28H27N7O2. The van der Waals surface area contributed by atoms with E-state index in [2.05, 4.69) is 21.9 Å². The maximum atomic E-state index is 12.9. The molecule has 9 heteroatoms. The molecule has 7 rings (SSSR count). The largest absolute Gasteiger partial charge is 0.382 e. The summed E-state index contributed by atoms with van der Waals surface area (Å²) in [6, 6.07) is 12.6. The first-order valence-electron chi connectivity index (χ1n) is 12.4. The molecule has 1 saturated carbocycles. The fraction of sp³-hybridized carbons (Fsp3) is 0.250. The van der Waals surface area contributed by atoms with Crippen LogP contribution < -0.4 is 11.1 Å². The number of anilines is 2. The Hall–Kier alpha value is -4.53. The van der Waals surface area contributed by atoms with Crippen LogP contribution >= 0.6 is 0 Å². The normalized spacial score (nSPS) is 20.6. The van der Waals surface area contributed by atoms with Crippen LogP contribution in [0.15, 0.2) is 73.7 Å². The zero-order valence-corrected chi connectivity index (χ0v) is 20.3. The van der Waals surface area contributed by atoms with E-state index in [1.807, 2.05) is 33.7 Å². The average Bonchev–Trinajstić information content (AvgIpc) is 3.35. The fourth-order valence-electron chi connectivity index (χ4n) is 5.79. The molecule has 2 bridgehead atoms. The Balaban J connectivity index is 1.42. The number of fused-ring (bicyclic) bond motifs is 4. The van der Waals surface area contributed by atoms with Crippen molar-refractivity contribution in [3.05, 3.63) is 85.1 Å². The third kappa shape index (κ3) is 3.74. The summed E-state index contributed by atoms with van der Waals surface area (Å²) in [5.74, 6) is 1.81. The van der Waals surface area contributed by atoms with Crippen LogP contribution in [-0.2, 0) is 10.3 Å². The zero-order valence-electron chi connectivity index (χ0n) is 20.3. The van der Waals surface area contributed by atoms with Gasteiger partial charge in [-0.1, -0.05) is 24.8 Å². The van der Waals surface area contributed by atoms with Crippen LogP contribution in [0.25, 0.3) is 16.8 Å². The highest BCUT2D eigenvalue weighted by Gasteiger charge is 2.51. The van der Waals surface area contributed by atoms with Crippen molar-refractivity contribution in [2.45, 2.75) is 31.2 Å². The minimum Gasteiger partial charge on any atom is -0.382 e. The highest BCUT2D eigenvalue weighted by Crippen LogP contribution is 2.50. The van der Waals surface area contributed by atoms with Crippen molar-refractivity contribution in [2.75, 3.05) is 17.6 Å². The second kappa shape index (κ2) is 8.85. The molecule has 0 unspecified atom stereocenters. The zero-order chi connectivity index (χ0) is 25.6. The van der Waals surface area contributed by atoms with E-state index in [9.17, 15) is 9.59 Å². The molecule has 37 heavy (non-hydrogen) atoms. The van der Waals surface area contributed by atoms with Gasteiger partial charge in [0.15, 0.2) is 0 Å². The Kier molecular flexibility index (Phi) is 5.48. The lowest BCUT2D eigenvalue weighted by molar-refractivity contribution is -0.143. The standard InChI is InChI=1S/C28H27N7O2/c1-2-22(36)35-17-18-10-12-28(35,13-11-18)27-33-23(24-25(29)31-15-16-34(24)27)19-6-8-20(9-7-19)26(37)32-21-5-3-4-14-30-21/h2-9,14-16,18H,1,10-13,17H2,(H2,29,31)(H,30,32,37). The lowest BCUT2D eigenvalue weighted by atomic mass is 9.69. The average molecular weight is 494 g/mol. The van der Waals surface area contributed by atoms with Crippen molar-refractivity contribution in [1.82, 2.24) is 24.3 Å². The van der Waals surface area contributed by atoms with Crippen LogP contribution in [0.1, 0.15) is 41.9 Å². The predicted octanol–water partition coefficient (Wildman–Crippen LogP) is 4.04. The van der Waals surface area contributed by atoms with E-state index in [1.165, 1.54) is 6.08 Å². The molecule has 3 N–H and O–H groups in total. The first-order valence-corrected chi connectivity index (χ1v) is 12.4. The summed E-state index contributed by atoms with van der Waals surface area (Å²) in [5, 5.41) is 2.80. The molecule has 2 saturated heterocycles. The molecule has 0 atom stereocenters. The van der Waals surface area contributed by atoms with Gasteiger partial charge in [-0.2, -0.15) is 0 Å². The second-order valence-electron chi connectivity index (χ2n) is 9.69. The summed E-state index contributed by atoms with van der Waals surface area (Å²) in [6.07, 6.45) is 10.3. The molecule has 2 amide bonds. The van der Waals surface area contributed by atoms with Crippen LogP contribution in [0.3, 0.4) is 0 Å². The highest BCUT2D eigenvalue weighted by atomic mass is 16.2. The monoisotopic (exact) mass is 493 g/mol. The number of nitrogens with two attached hydrogens (primary N) is 1. The molecule has 1 aromatic carbocycles. The van der Waals surface area contributed by atoms with Crippen LogP contribution in [-0.4, -0.2) is 42.6 Å². The van der Waals surface area contributed by atoms with Gasteiger partial charge in [0.2, 0.25) is 5.91 Å². The number of amides is 2. The predicted molar refractivity (Wildman–Crippen MR) is 141 cm³/mol. The van der Waals surface area contributed by atoms with E-state index in [4.69, 9.17) is 10.7 Å². The molecule has 5 heterocycles. The Morgan fingerprint density at radius 1 is 1.08 bits per heavy atom. The number of rotatable bonds is 5. The number of hydrogen-bond acceptors (Lipinski definition) is 6. The summed E-state index contributed by atoms with van der Waals surface area (Å²) >= 11 is 0. The minimum absolute atomic E-state index is 0.0759. The maximum absolute atomic E-state index is 12.9. The van der Waals surface area contributed by atoms with E-state index in [-0.39, 0.29) is 11.8 Å². The van der Waals surface area contributed by atoms with Crippen molar-refractivity contribution in [3.63, 3.8) is 0 Å². The summed E-state index contributed by atoms with van der Waals surface area (Å²) in [6.45, 7) is 4.44. The van der Waals surface area contributed by atoms with E-state index in [1.54, 1.807) is 36.7 Å². The third-order valence-electron chi connectivity index (χ3n) is 7.66. The molecule has 186 valence electrons. The van der Waals surface area contributed by atoms with Gasteiger partial charge >= 0.3 is 0 Å². The molecule has 1 aliphatic carbocycles. The number of piperidine rings is 2. The topological polar surface area (TPSA) is 119 Å². The number of imidazole rings is 1. The second-order valence-corrected chi connectivity index (χ2v) is 9.69. The number of carbonyl (C=O) groups excluding carboxylic acids is 2. The van der Waals surface area contributed by atoms with Crippen LogP contribution in [0, 0.1) is 5.92 Å². The van der Waals surface area contributed by atoms with Crippen molar-refractivity contribution in [3.8, 4) is 11.3 Å². The van der Waals surface area contributed by atoms with E-state index < -0.39 is 5.54 Å². The molecule has 3 aliphatic rings. The molecule has 3 fully saturated rings. The summed E-state index contributed by atoms with van der Waals surface area (Å²) in [5.41, 5.74) is 8.51. The Morgan fingerprint density at radius 2 is 1.86 bits per heavy atom. The van der Waals surface area contributed by atoms with Gasteiger partial charge in [0.1, 0.15) is 34.2 Å². The molecule has 3 aromatic heterocycles. The Morgan fingerprint density at radius 3 is 2.57 bits per heavy atom. The molecule has 2 aliphatic heterocycles. The van der Waals surface area contributed by atoms with Crippen molar-refractivity contribution >= 4 is 29.0 Å². The van der Waals surface area contributed by atoms with Gasteiger partial charge in [0.25, 0.3) is 5.91 Å². The molecule has 9 nitrogen and oxygen atoms in total. The highest BCUT2D eigenvalue weighted by molar-refractivity contribution is 6.04. The van der Waals surface area contributed by atoms with Gasteiger partial charge < -0.3 is 16.0 Å². The SMILES string of the molecule is C=CC(=O)N1CC2CCC1(c1nc(-c3ccc(C(=O)Nc4ccccn4)cc3)c3c(N)nccn13)CC2. The number of nitrogens with zero attached hydrogens (tertiary/aromatic N) is 5. The molecule has 0 radical (unpaired) electrons. The van der Waals surface area contributed by atoms with E-state index in [0.29, 0.717) is 40.9 Å². The number of nitrogens with one attached hydrogen (secondary N) is 1. The lowest BCUT2D eigenvalue weighted by Gasteiger charge is -2.53. The van der Waals surface area contributed by atoms with Crippen LogP contribution in [0.5, 0.6) is 0 Å². The number of nitrogen functional groups attached to an aromatic ring is 1. The van der Waals surface area contributed by atoms with Gasteiger partial charge in [-0.25, -0.2) is 15.0 Å². The van der Waals surface area contributed by atoms with Crippen molar-refractivity contribution < 1.29 is 9.59 Å². The molecule has 0 spiro atoms. The maximum Gasteiger partial charge on any atom is 0.256 e. The third-order valence-corrected chi connectivity index (χ3v) is 7.66. The summed E-state index contributed by atoms with van der Waals surface area (Å²) in [7, 11) is 0. The molecular weight excluding hydrogens is 466 g/mol. The van der Waals surface area contributed by atoms with Gasteiger partial charge in [-0.05, 0) is 61.9 Å². The number of carbonyl (C=O) groups is 2. The molecule has 4 aromatic rings. The Bertz CT molecular complexity index is 1500. The van der Waals surface area contributed by atoms with Gasteiger partial charge in [-0.15, -0.1) is 0 Å². The van der Waals surface area contributed by atoms with E-state index in [0.717, 1.165) is 37.1 Å².